The molecule has 1 aliphatic carbocycles. The fourth-order valence-electron chi connectivity index (χ4n) is 2.23. The minimum absolute atomic E-state index is 0.584. The van der Waals surface area contributed by atoms with Crippen LogP contribution in [0.3, 0.4) is 0 Å². The van der Waals surface area contributed by atoms with Gasteiger partial charge < -0.3 is 10.1 Å². The standard InChI is InChI=1S/C12H11BrN2O2S/c13-9-3-2-8(18-9)7-6-14-10(15-7)12(11(16)17)4-1-5-12/h2-3,6H,1,4-5H2,(H,14,15)(H,16,17). The lowest BCUT2D eigenvalue weighted by Gasteiger charge is -2.35. The van der Waals surface area contributed by atoms with Gasteiger partial charge in [0, 0.05) is 0 Å². The minimum atomic E-state index is -0.785. The van der Waals surface area contributed by atoms with Gasteiger partial charge in [-0.3, -0.25) is 4.79 Å². The summed E-state index contributed by atoms with van der Waals surface area (Å²) in [6, 6.07) is 3.96. The van der Waals surface area contributed by atoms with Crippen LogP contribution in [0.4, 0.5) is 0 Å². The van der Waals surface area contributed by atoms with Crippen LogP contribution in [0.2, 0.25) is 0 Å². The molecule has 1 aliphatic rings. The number of nitrogens with one attached hydrogen (secondary N) is 1. The van der Waals surface area contributed by atoms with Crippen molar-refractivity contribution < 1.29 is 9.90 Å². The van der Waals surface area contributed by atoms with E-state index >= 15 is 0 Å². The predicted octanol–water partition coefficient (Wildman–Crippen LogP) is 3.41. The Balaban J connectivity index is 1.96. The zero-order valence-electron chi connectivity index (χ0n) is 9.44. The highest BCUT2D eigenvalue weighted by Crippen LogP contribution is 2.43. The predicted molar refractivity (Wildman–Crippen MR) is 72.8 cm³/mol. The zero-order valence-corrected chi connectivity index (χ0v) is 11.8. The van der Waals surface area contributed by atoms with Crippen molar-refractivity contribution in [2.24, 2.45) is 0 Å². The van der Waals surface area contributed by atoms with Crippen LogP contribution in [0.15, 0.2) is 22.1 Å². The van der Waals surface area contributed by atoms with Crippen molar-refractivity contribution in [1.29, 1.82) is 0 Å². The van der Waals surface area contributed by atoms with Crippen molar-refractivity contribution in [3.8, 4) is 10.6 Å². The number of rotatable bonds is 3. The van der Waals surface area contributed by atoms with E-state index in [2.05, 4.69) is 25.9 Å². The molecular weight excluding hydrogens is 316 g/mol. The number of H-pyrrole nitrogens is 1. The average molecular weight is 327 g/mol. The van der Waals surface area contributed by atoms with E-state index in [-0.39, 0.29) is 0 Å². The molecule has 0 unspecified atom stereocenters. The van der Waals surface area contributed by atoms with Gasteiger partial charge in [0.05, 0.1) is 20.6 Å². The topological polar surface area (TPSA) is 66.0 Å². The van der Waals surface area contributed by atoms with E-state index in [1.54, 1.807) is 17.5 Å². The summed E-state index contributed by atoms with van der Waals surface area (Å²) in [4.78, 5) is 19.9. The number of aromatic amines is 1. The van der Waals surface area contributed by atoms with E-state index < -0.39 is 11.4 Å². The van der Waals surface area contributed by atoms with E-state index in [9.17, 15) is 9.90 Å². The molecule has 0 atom stereocenters. The number of hydrogen-bond acceptors (Lipinski definition) is 3. The molecule has 0 aliphatic heterocycles. The molecule has 3 rings (SSSR count). The lowest BCUT2D eigenvalue weighted by molar-refractivity contribution is -0.147. The highest BCUT2D eigenvalue weighted by atomic mass is 79.9. The van der Waals surface area contributed by atoms with Crippen molar-refractivity contribution in [3.05, 3.63) is 27.9 Å². The fourth-order valence-corrected chi connectivity index (χ4v) is 3.58. The molecule has 1 fully saturated rings. The van der Waals surface area contributed by atoms with Gasteiger partial charge >= 0.3 is 5.97 Å². The second-order valence-corrected chi connectivity index (χ2v) is 6.95. The Bertz CT molecular complexity index is 601. The molecule has 2 heterocycles. The molecule has 0 radical (unpaired) electrons. The van der Waals surface area contributed by atoms with Crippen LogP contribution in [0.1, 0.15) is 25.1 Å². The maximum atomic E-state index is 11.4. The zero-order chi connectivity index (χ0) is 12.8. The minimum Gasteiger partial charge on any atom is -0.480 e. The van der Waals surface area contributed by atoms with Gasteiger partial charge in [-0.25, -0.2) is 4.98 Å². The summed E-state index contributed by atoms with van der Waals surface area (Å²) in [5, 5.41) is 9.36. The van der Waals surface area contributed by atoms with Crippen LogP contribution in [-0.4, -0.2) is 21.0 Å². The van der Waals surface area contributed by atoms with Gasteiger partial charge in [-0.1, -0.05) is 6.42 Å². The first-order chi connectivity index (χ1) is 8.62. The summed E-state index contributed by atoms with van der Waals surface area (Å²) in [6.07, 6.45) is 4.01. The molecule has 2 N–H and O–H groups in total. The molecule has 0 aromatic carbocycles. The van der Waals surface area contributed by atoms with Gasteiger partial charge in [0.25, 0.3) is 0 Å². The number of aliphatic carboxylic acids is 1. The van der Waals surface area contributed by atoms with Crippen molar-refractivity contribution in [3.63, 3.8) is 0 Å². The average Bonchev–Trinajstić information content (AvgIpc) is 2.84. The smallest absolute Gasteiger partial charge is 0.317 e. The van der Waals surface area contributed by atoms with Crippen molar-refractivity contribution in [1.82, 2.24) is 9.97 Å². The Morgan fingerprint density at radius 3 is 2.78 bits per heavy atom. The van der Waals surface area contributed by atoms with Crippen LogP contribution < -0.4 is 0 Å². The van der Waals surface area contributed by atoms with Gasteiger partial charge in [-0.2, -0.15) is 0 Å². The van der Waals surface area contributed by atoms with Crippen LogP contribution in [-0.2, 0) is 10.2 Å². The molecule has 18 heavy (non-hydrogen) atoms. The molecule has 4 nitrogen and oxygen atoms in total. The summed E-state index contributed by atoms with van der Waals surface area (Å²) in [6.45, 7) is 0. The van der Waals surface area contributed by atoms with Crippen LogP contribution in [0, 0.1) is 0 Å². The molecule has 6 heteroatoms. The third-order valence-corrected chi connectivity index (χ3v) is 5.14. The second-order valence-electron chi connectivity index (χ2n) is 4.49. The van der Waals surface area contributed by atoms with Crippen LogP contribution in [0.25, 0.3) is 10.6 Å². The molecule has 0 spiro atoms. The van der Waals surface area contributed by atoms with Gasteiger partial charge in [0.1, 0.15) is 11.2 Å². The van der Waals surface area contributed by atoms with Crippen LogP contribution in [0.5, 0.6) is 0 Å². The number of halogens is 1. The SMILES string of the molecule is O=C(O)C1(c2ncc(-c3ccc(Br)s3)[nH]2)CCC1. The Morgan fingerprint density at radius 2 is 2.28 bits per heavy atom. The fraction of sp³-hybridized carbons (Fsp3) is 0.333. The lowest BCUT2D eigenvalue weighted by Crippen LogP contribution is -2.43. The largest absolute Gasteiger partial charge is 0.480 e. The number of carboxylic acid groups (broad SMARTS) is 1. The molecule has 0 saturated heterocycles. The lowest BCUT2D eigenvalue weighted by atomic mass is 9.68. The van der Waals surface area contributed by atoms with Gasteiger partial charge in [0.15, 0.2) is 0 Å². The number of hydrogen-bond donors (Lipinski definition) is 2. The summed E-state index contributed by atoms with van der Waals surface area (Å²) in [5.74, 6) is -0.192. The molecule has 1 saturated carbocycles. The Hall–Kier alpha value is -1.14. The highest BCUT2D eigenvalue weighted by Gasteiger charge is 2.48. The number of nitrogens with zero attached hydrogens (tertiary/aromatic N) is 1. The first-order valence-corrected chi connectivity index (χ1v) is 7.27. The third kappa shape index (κ3) is 1.71. The number of thiophene rings is 1. The number of carboxylic acids is 1. The van der Waals surface area contributed by atoms with E-state index in [0.717, 1.165) is 20.8 Å². The summed E-state index contributed by atoms with van der Waals surface area (Å²) in [7, 11) is 0. The quantitative estimate of drug-likeness (QED) is 0.908. The van der Waals surface area contributed by atoms with E-state index in [1.807, 2.05) is 12.1 Å². The van der Waals surface area contributed by atoms with Crippen LogP contribution >= 0.6 is 27.3 Å². The number of aromatic nitrogens is 2. The maximum Gasteiger partial charge on any atom is 0.317 e. The summed E-state index contributed by atoms with van der Waals surface area (Å²) in [5.41, 5.74) is 0.0976. The molecule has 2 aromatic rings. The molecular formula is C12H11BrN2O2S. The number of carbonyl (C=O) groups is 1. The van der Waals surface area contributed by atoms with E-state index in [4.69, 9.17) is 0 Å². The molecule has 2 aromatic heterocycles. The van der Waals surface area contributed by atoms with Crippen molar-refractivity contribution >= 4 is 33.2 Å². The Kier molecular flexibility index (Phi) is 2.79. The van der Waals surface area contributed by atoms with E-state index in [0.29, 0.717) is 18.7 Å². The van der Waals surface area contributed by atoms with Gasteiger partial charge in [-0.15, -0.1) is 11.3 Å². The van der Waals surface area contributed by atoms with E-state index in [1.165, 1.54) is 0 Å². The monoisotopic (exact) mass is 326 g/mol. The number of imidazole rings is 1. The normalized spacial score (nSPS) is 17.4. The highest BCUT2D eigenvalue weighted by molar-refractivity contribution is 9.11. The first kappa shape index (κ1) is 11.9. The van der Waals surface area contributed by atoms with Gasteiger partial charge in [0.2, 0.25) is 0 Å². The molecule has 94 valence electrons. The van der Waals surface area contributed by atoms with Gasteiger partial charge in [-0.05, 0) is 40.9 Å². The third-order valence-electron chi connectivity index (χ3n) is 3.48. The summed E-state index contributed by atoms with van der Waals surface area (Å²) < 4.78 is 1.05. The maximum absolute atomic E-state index is 11.4. The Morgan fingerprint density at radius 1 is 1.50 bits per heavy atom. The first-order valence-electron chi connectivity index (χ1n) is 5.66. The second kappa shape index (κ2) is 4.20. The Labute approximate surface area is 116 Å². The van der Waals surface area contributed by atoms with Crippen molar-refractivity contribution in [2.45, 2.75) is 24.7 Å². The molecule has 0 amide bonds. The molecule has 0 bridgehead atoms. The summed E-state index contributed by atoms with van der Waals surface area (Å²) >= 11 is 5.01. The van der Waals surface area contributed by atoms with Crippen molar-refractivity contribution in [2.75, 3.05) is 0 Å².